The third-order valence-corrected chi connectivity index (χ3v) is 1.53. The summed E-state index contributed by atoms with van der Waals surface area (Å²) < 4.78 is 28.2. The van der Waals surface area contributed by atoms with Crippen molar-refractivity contribution in [2.45, 2.75) is 6.42 Å². The Bertz CT molecular complexity index is 237. The molecule has 0 aromatic heterocycles. The van der Waals surface area contributed by atoms with Gasteiger partial charge in [0.15, 0.2) is 0 Å². The second-order valence-corrected chi connectivity index (χ2v) is 3.17. The summed E-state index contributed by atoms with van der Waals surface area (Å²) in [5.74, 6) is -0.355. The summed E-state index contributed by atoms with van der Waals surface area (Å²) in [4.78, 5) is 2.40. The van der Waals surface area contributed by atoms with E-state index in [0.717, 1.165) is 0 Å². The summed E-state index contributed by atoms with van der Waals surface area (Å²) in [7, 11) is -3.89. The maximum Gasteiger partial charge on any atom is 1.00 e. The third kappa shape index (κ3) is 13.2. The maximum atomic E-state index is 10.0. The standard InChI is InChI=1S/C3H7N3O3S.Na.H/c4-6-5-2-1-3-10(7,8)9;;/h1-3H2,(H,7,8,9);;/q;+1;-1. The average molecular weight is 189 g/mol. The Morgan fingerprint density at radius 1 is 1.64 bits per heavy atom. The first kappa shape index (κ1) is 13.8. The zero-order valence-corrected chi connectivity index (χ0v) is 8.95. The predicted molar refractivity (Wildman–Crippen MR) is 36.2 cm³/mol. The summed E-state index contributed by atoms with van der Waals surface area (Å²) >= 11 is 0. The zero-order chi connectivity index (χ0) is 8.04. The van der Waals surface area contributed by atoms with Crippen LogP contribution in [0.1, 0.15) is 7.85 Å². The fraction of sp³-hybridized carbons (Fsp3) is 1.00. The minimum Gasteiger partial charge on any atom is -1.00 e. The van der Waals surface area contributed by atoms with E-state index >= 15 is 0 Å². The Morgan fingerprint density at radius 3 is 2.55 bits per heavy atom. The predicted octanol–water partition coefficient (Wildman–Crippen LogP) is -2.31. The first-order valence-corrected chi connectivity index (χ1v) is 4.13. The van der Waals surface area contributed by atoms with Crippen molar-refractivity contribution in [1.29, 1.82) is 0 Å². The molecule has 0 amide bonds. The smallest absolute Gasteiger partial charge is 1.00 e. The fourth-order valence-corrected chi connectivity index (χ4v) is 0.856. The van der Waals surface area contributed by atoms with E-state index in [1.165, 1.54) is 0 Å². The first-order valence-electron chi connectivity index (χ1n) is 2.52. The van der Waals surface area contributed by atoms with Crippen molar-refractivity contribution in [1.82, 2.24) is 0 Å². The molecule has 0 saturated heterocycles. The van der Waals surface area contributed by atoms with Gasteiger partial charge in [-0.25, -0.2) is 0 Å². The van der Waals surface area contributed by atoms with Crippen LogP contribution in [0.25, 0.3) is 10.4 Å². The minimum atomic E-state index is -3.89. The van der Waals surface area contributed by atoms with Gasteiger partial charge in [0.05, 0.1) is 5.75 Å². The van der Waals surface area contributed by atoms with E-state index in [1.54, 1.807) is 0 Å². The molecule has 0 aromatic carbocycles. The van der Waals surface area contributed by atoms with E-state index in [2.05, 4.69) is 10.0 Å². The van der Waals surface area contributed by atoms with Gasteiger partial charge in [-0.15, -0.1) is 0 Å². The molecule has 0 aliphatic rings. The third-order valence-electron chi connectivity index (χ3n) is 0.724. The molecule has 0 saturated carbocycles. The summed E-state index contributed by atoms with van der Waals surface area (Å²) in [5.41, 5.74) is 7.74. The molecule has 0 spiro atoms. The van der Waals surface area contributed by atoms with E-state index in [0.29, 0.717) is 0 Å². The van der Waals surface area contributed by atoms with Gasteiger partial charge in [0.2, 0.25) is 0 Å². The minimum absolute atomic E-state index is 0. The van der Waals surface area contributed by atoms with Gasteiger partial charge in [-0.1, -0.05) is 5.11 Å². The van der Waals surface area contributed by atoms with Crippen LogP contribution in [-0.4, -0.2) is 25.3 Å². The molecule has 1 N–H and O–H groups in total. The summed E-state index contributed by atoms with van der Waals surface area (Å²) in [6, 6.07) is 0. The molecule has 0 radical (unpaired) electrons. The van der Waals surface area contributed by atoms with E-state index < -0.39 is 10.1 Å². The quantitative estimate of drug-likeness (QED) is 0.134. The number of hydrogen-bond donors (Lipinski definition) is 1. The van der Waals surface area contributed by atoms with Crippen LogP contribution in [0.15, 0.2) is 5.11 Å². The molecule has 11 heavy (non-hydrogen) atoms. The van der Waals surface area contributed by atoms with Crippen LogP contribution >= 0.6 is 0 Å². The van der Waals surface area contributed by atoms with Gasteiger partial charge < -0.3 is 1.43 Å². The van der Waals surface area contributed by atoms with Crippen molar-refractivity contribution in [3.8, 4) is 0 Å². The second kappa shape index (κ2) is 6.90. The van der Waals surface area contributed by atoms with Gasteiger partial charge in [0.1, 0.15) is 0 Å². The second-order valence-electron chi connectivity index (χ2n) is 1.59. The van der Waals surface area contributed by atoms with Crippen LogP contribution in [0.2, 0.25) is 0 Å². The normalized spacial score (nSPS) is 9.55. The van der Waals surface area contributed by atoms with Crippen LogP contribution < -0.4 is 29.6 Å². The molecule has 0 fully saturated rings. The van der Waals surface area contributed by atoms with Crippen LogP contribution in [0, 0.1) is 0 Å². The van der Waals surface area contributed by atoms with Crippen LogP contribution in [0.5, 0.6) is 0 Å². The Hall–Kier alpha value is 0.220. The molecule has 0 aliphatic carbocycles. The van der Waals surface area contributed by atoms with Crippen LogP contribution in [0.3, 0.4) is 0 Å². The van der Waals surface area contributed by atoms with Gasteiger partial charge in [0.25, 0.3) is 10.1 Å². The van der Waals surface area contributed by atoms with Crippen molar-refractivity contribution in [2.75, 3.05) is 12.3 Å². The number of azide groups is 1. The fourth-order valence-electron chi connectivity index (χ4n) is 0.362. The molecule has 0 bridgehead atoms. The van der Waals surface area contributed by atoms with Gasteiger partial charge >= 0.3 is 29.6 Å². The van der Waals surface area contributed by atoms with Crippen LogP contribution in [-0.2, 0) is 10.1 Å². The Kier molecular flexibility index (Phi) is 8.65. The van der Waals surface area contributed by atoms with E-state index in [1.807, 2.05) is 0 Å². The molecule has 6 nitrogen and oxygen atoms in total. The SMILES string of the molecule is [H-].[N-]=[N+]=NCCCS(=O)(=O)O.[Na+]. The van der Waals surface area contributed by atoms with Gasteiger partial charge in [-0.3, -0.25) is 4.55 Å². The summed E-state index contributed by atoms with van der Waals surface area (Å²) in [5, 5.41) is 3.08. The topological polar surface area (TPSA) is 103 Å². The molecule has 0 heterocycles. The molecule has 0 rings (SSSR count). The monoisotopic (exact) mass is 189 g/mol. The molecular weight excluding hydrogens is 181 g/mol. The number of hydrogen-bond acceptors (Lipinski definition) is 3. The van der Waals surface area contributed by atoms with Crippen molar-refractivity contribution >= 4 is 10.1 Å². The molecule has 8 heteroatoms. The largest absolute Gasteiger partial charge is 1.00 e. The first-order chi connectivity index (χ1) is 4.56. The van der Waals surface area contributed by atoms with E-state index in [4.69, 9.17) is 10.1 Å². The van der Waals surface area contributed by atoms with E-state index in [9.17, 15) is 8.42 Å². The molecule has 0 aliphatic heterocycles. The molecular formula is C3H8N3NaO3S. The van der Waals surface area contributed by atoms with E-state index in [-0.39, 0.29) is 49.7 Å². The number of rotatable bonds is 4. The Balaban J connectivity index is -0.000000405. The number of nitrogens with zero attached hydrogens (tertiary/aromatic N) is 3. The van der Waals surface area contributed by atoms with Crippen LogP contribution in [0.4, 0.5) is 0 Å². The molecule has 0 unspecified atom stereocenters. The Labute approximate surface area is 88.1 Å². The average Bonchev–Trinajstić information content (AvgIpc) is 1.78. The maximum absolute atomic E-state index is 10.0. The molecule has 0 atom stereocenters. The molecule has 0 aromatic rings. The molecule has 60 valence electrons. The van der Waals surface area contributed by atoms with Gasteiger partial charge in [-0.05, 0) is 12.0 Å². The zero-order valence-electron chi connectivity index (χ0n) is 7.13. The van der Waals surface area contributed by atoms with Crippen molar-refractivity contribution in [2.24, 2.45) is 5.11 Å². The summed E-state index contributed by atoms with van der Waals surface area (Å²) in [6.07, 6.45) is 0.156. The van der Waals surface area contributed by atoms with Crippen molar-refractivity contribution in [3.05, 3.63) is 10.4 Å². The Morgan fingerprint density at radius 2 is 2.18 bits per heavy atom. The van der Waals surface area contributed by atoms with Gasteiger partial charge in [-0.2, -0.15) is 8.42 Å². The van der Waals surface area contributed by atoms with Gasteiger partial charge in [0, 0.05) is 11.5 Å². The van der Waals surface area contributed by atoms with Crippen molar-refractivity contribution in [3.63, 3.8) is 0 Å². The summed E-state index contributed by atoms with van der Waals surface area (Å²) in [6.45, 7) is 0.0935. The van der Waals surface area contributed by atoms with Crippen molar-refractivity contribution < 1.29 is 44.0 Å².